The summed E-state index contributed by atoms with van der Waals surface area (Å²) >= 11 is 0. The van der Waals surface area contributed by atoms with E-state index in [1.807, 2.05) is 6.07 Å². The normalized spacial score (nSPS) is 29.5. The summed E-state index contributed by atoms with van der Waals surface area (Å²) in [7, 11) is 0. The molecule has 3 aliphatic rings. The van der Waals surface area contributed by atoms with E-state index in [9.17, 15) is 14.4 Å². The summed E-state index contributed by atoms with van der Waals surface area (Å²) in [5.41, 5.74) is 1.88. The number of carbonyl (C=O) groups excluding carboxylic acids is 3. The summed E-state index contributed by atoms with van der Waals surface area (Å²) in [6.45, 7) is 2.52. The molecule has 0 radical (unpaired) electrons. The predicted octanol–water partition coefficient (Wildman–Crippen LogP) is 2.72. The first kappa shape index (κ1) is 19.0. The molecule has 1 saturated heterocycles. The molecule has 2 N–H and O–H groups in total. The maximum atomic E-state index is 12.9. The number of hydrogen-bond donors (Lipinski definition) is 2. The van der Waals surface area contributed by atoms with Crippen LogP contribution in [0, 0.1) is 5.92 Å². The molecule has 1 aromatic rings. The predicted molar refractivity (Wildman–Crippen MR) is 106 cm³/mol. The van der Waals surface area contributed by atoms with Gasteiger partial charge in [-0.15, -0.1) is 0 Å². The van der Waals surface area contributed by atoms with E-state index in [1.54, 1.807) is 0 Å². The number of benzene rings is 1. The zero-order chi connectivity index (χ0) is 19.7. The topological polar surface area (TPSA) is 78.5 Å². The second kappa shape index (κ2) is 7.57. The number of imide groups is 1. The van der Waals surface area contributed by atoms with E-state index < -0.39 is 11.6 Å². The SMILES string of the molecule is CC1CCC2(CC1)NC(=O)N(CC(=O)NCC1CCCc3ccccc31)C2=O. The largest absolute Gasteiger partial charge is 0.354 e. The minimum Gasteiger partial charge on any atom is -0.354 e. The van der Waals surface area contributed by atoms with Gasteiger partial charge in [0.15, 0.2) is 0 Å². The van der Waals surface area contributed by atoms with E-state index in [-0.39, 0.29) is 18.4 Å². The fourth-order valence-corrected chi connectivity index (χ4v) is 4.92. The van der Waals surface area contributed by atoms with E-state index in [0.717, 1.165) is 37.0 Å². The van der Waals surface area contributed by atoms with Crippen LogP contribution in [0.5, 0.6) is 0 Å². The number of carbonyl (C=O) groups is 3. The highest BCUT2D eigenvalue weighted by atomic mass is 16.2. The smallest absolute Gasteiger partial charge is 0.325 e. The summed E-state index contributed by atoms with van der Waals surface area (Å²) in [6.07, 6.45) is 6.42. The Morgan fingerprint density at radius 2 is 1.96 bits per heavy atom. The van der Waals surface area contributed by atoms with Crippen molar-refractivity contribution in [3.05, 3.63) is 35.4 Å². The average Bonchev–Trinajstić information content (AvgIpc) is 2.93. The van der Waals surface area contributed by atoms with Gasteiger partial charge in [0.25, 0.3) is 5.91 Å². The molecule has 1 aliphatic heterocycles. The number of nitrogens with zero attached hydrogens (tertiary/aromatic N) is 1. The first-order valence-corrected chi connectivity index (χ1v) is 10.5. The molecule has 1 heterocycles. The maximum Gasteiger partial charge on any atom is 0.325 e. The fourth-order valence-electron chi connectivity index (χ4n) is 4.92. The lowest BCUT2D eigenvalue weighted by molar-refractivity contribution is -0.136. The second-order valence-corrected chi connectivity index (χ2v) is 8.68. The summed E-state index contributed by atoms with van der Waals surface area (Å²) in [6, 6.07) is 7.95. The van der Waals surface area contributed by atoms with Crippen LogP contribution in [0.3, 0.4) is 0 Å². The Morgan fingerprint density at radius 1 is 1.21 bits per heavy atom. The van der Waals surface area contributed by atoms with Crippen molar-refractivity contribution < 1.29 is 14.4 Å². The molecule has 150 valence electrons. The molecule has 0 bridgehead atoms. The molecule has 1 saturated carbocycles. The van der Waals surface area contributed by atoms with Crippen LogP contribution in [-0.4, -0.2) is 41.4 Å². The van der Waals surface area contributed by atoms with Crippen molar-refractivity contribution in [2.24, 2.45) is 5.92 Å². The van der Waals surface area contributed by atoms with Gasteiger partial charge in [-0.3, -0.25) is 14.5 Å². The lowest BCUT2D eigenvalue weighted by atomic mass is 9.77. The minimum atomic E-state index is -0.786. The third kappa shape index (κ3) is 3.52. The highest BCUT2D eigenvalue weighted by molar-refractivity contribution is 6.09. The van der Waals surface area contributed by atoms with Crippen molar-refractivity contribution in [2.75, 3.05) is 13.1 Å². The highest BCUT2D eigenvalue weighted by Crippen LogP contribution is 2.36. The van der Waals surface area contributed by atoms with Crippen LogP contribution >= 0.6 is 0 Å². The van der Waals surface area contributed by atoms with Gasteiger partial charge in [0.2, 0.25) is 5.91 Å². The molecule has 1 atom stereocenters. The van der Waals surface area contributed by atoms with Gasteiger partial charge in [-0.2, -0.15) is 0 Å². The number of hydrogen-bond acceptors (Lipinski definition) is 3. The van der Waals surface area contributed by atoms with Crippen molar-refractivity contribution in [2.45, 2.75) is 63.3 Å². The van der Waals surface area contributed by atoms with Gasteiger partial charge in [0, 0.05) is 12.5 Å². The number of rotatable bonds is 4. The van der Waals surface area contributed by atoms with Crippen LogP contribution in [0.2, 0.25) is 0 Å². The molecule has 1 spiro atoms. The number of urea groups is 1. The molecule has 28 heavy (non-hydrogen) atoms. The maximum absolute atomic E-state index is 12.9. The quantitative estimate of drug-likeness (QED) is 0.785. The first-order valence-electron chi connectivity index (χ1n) is 10.5. The molecule has 0 aromatic heterocycles. The number of amides is 4. The summed E-state index contributed by atoms with van der Waals surface area (Å²) < 4.78 is 0. The third-order valence-corrected chi connectivity index (χ3v) is 6.71. The lowest BCUT2D eigenvalue weighted by Crippen LogP contribution is -2.50. The summed E-state index contributed by atoms with van der Waals surface area (Å²) in [5.74, 6) is 0.365. The number of aryl methyl sites for hydroxylation is 1. The van der Waals surface area contributed by atoms with Gasteiger partial charge in [-0.1, -0.05) is 31.2 Å². The zero-order valence-corrected chi connectivity index (χ0v) is 16.5. The molecule has 6 nitrogen and oxygen atoms in total. The van der Waals surface area contributed by atoms with Crippen molar-refractivity contribution in [1.29, 1.82) is 0 Å². The summed E-state index contributed by atoms with van der Waals surface area (Å²) in [4.78, 5) is 38.8. The average molecular weight is 383 g/mol. The van der Waals surface area contributed by atoms with Crippen molar-refractivity contribution >= 4 is 17.8 Å². The molecule has 1 unspecified atom stereocenters. The third-order valence-electron chi connectivity index (χ3n) is 6.71. The standard InChI is InChI=1S/C22H29N3O3/c1-15-9-11-22(12-10-15)20(27)25(21(28)24-22)14-19(26)23-13-17-7-4-6-16-5-2-3-8-18(16)17/h2-3,5,8,15,17H,4,6-7,9-14H2,1H3,(H,23,26)(H,24,28). The van der Waals surface area contributed by atoms with Crippen molar-refractivity contribution in [1.82, 2.24) is 15.5 Å². The Bertz CT molecular complexity index is 783. The van der Waals surface area contributed by atoms with Crippen LogP contribution in [0.4, 0.5) is 4.79 Å². The molecule has 2 fully saturated rings. The van der Waals surface area contributed by atoms with Gasteiger partial charge in [-0.25, -0.2) is 4.79 Å². The summed E-state index contributed by atoms with van der Waals surface area (Å²) in [5, 5.41) is 5.82. The Labute approximate surface area is 166 Å². The molecular weight excluding hydrogens is 354 g/mol. The Balaban J connectivity index is 1.34. The Kier molecular flexibility index (Phi) is 5.13. The van der Waals surface area contributed by atoms with E-state index in [0.29, 0.717) is 31.2 Å². The van der Waals surface area contributed by atoms with Gasteiger partial charge < -0.3 is 10.6 Å². The molecule has 6 heteroatoms. The van der Waals surface area contributed by atoms with Gasteiger partial charge >= 0.3 is 6.03 Å². The minimum absolute atomic E-state index is 0.198. The number of fused-ring (bicyclic) bond motifs is 1. The van der Waals surface area contributed by atoms with Crippen molar-refractivity contribution in [3.8, 4) is 0 Å². The van der Waals surface area contributed by atoms with Crippen LogP contribution in [0.15, 0.2) is 24.3 Å². The number of nitrogens with one attached hydrogen (secondary N) is 2. The molecule has 1 aromatic carbocycles. The molecule has 2 aliphatic carbocycles. The first-order chi connectivity index (χ1) is 13.5. The van der Waals surface area contributed by atoms with E-state index in [4.69, 9.17) is 0 Å². The van der Waals surface area contributed by atoms with Crippen molar-refractivity contribution in [3.63, 3.8) is 0 Å². The molecule has 4 amide bonds. The van der Waals surface area contributed by atoms with E-state index in [1.165, 1.54) is 11.1 Å². The van der Waals surface area contributed by atoms with Crippen LogP contribution in [0.1, 0.15) is 62.5 Å². The van der Waals surface area contributed by atoms with Crippen LogP contribution in [0.25, 0.3) is 0 Å². The Hall–Kier alpha value is -2.37. The molecular formula is C22H29N3O3. The van der Waals surface area contributed by atoms with Gasteiger partial charge in [0.1, 0.15) is 12.1 Å². The molecule has 4 rings (SSSR count). The fraction of sp³-hybridized carbons (Fsp3) is 0.591. The van der Waals surface area contributed by atoms with E-state index >= 15 is 0 Å². The van der Waals surface area contributed by atoms with E-state index in [2.05, 4.69) is 35.8 Å². The second-order valence-electron chi connectivity index (χ2n) is 8.68. The zero-order valence-electron chi connectivity index (χ0n) is 16.5. The van der Waals surface area contributed by atoms with Gasteiger partial charge in [0.05, 0.1) is 0 Å². The van der Waals surface area contributed by atoms with Gasteiger partial charge in [-0.05, 0) is 62.0 Å². The lowest BCUT2D eigenvalue weighted by Gasteiger charge is -2.33. The van der Waals surface area contributed by atoms with Crippen LogP contribution in [-0.2, 0) is 16.0 Å². The Morgan fingerprint density at radius 3 is 2.75 bits per heavy atom. The van der Waals surface area contributed by atoms with Crippen LogP contribution < -0.4 is 10.6 Å². The highest BCUT2D eigenvalue weighted by Gasteiger charge is 2.52. The monoisotopic (exact) mass is 383 g/mol.